The number of likely N-dealkylation sites (tertiary alicyclic amines) is 1. The van der Waals surface area contributed by atoms with Crippen molar-refractivity contribution in [2.75, 3.05) is 13.1 Å². The van der Waals surface area contributed by atoms with E-state index in [2.05, 4.69) is 41.1 Å². The van der Waals surface area contributed by atoms with E-state index < -0.39 is 5.97 Å². The van der Waals surface area contributed by atoms with E-state index in [0.717, 1.165) is 25.9 Å². The van der Waals surface area contributed by atoms with Crippen LogP contribution in [0.3, 0.4) is 0 Å². The van der Waals surface area contributed by atoms with Gasteiger partial charge in [-0.15, -0.1) is 0 Å². The highest BCUT2D eigenvalue weighted by Crippen LogP contribution is 2.28. The Balaban J connectivity index is 1.67. The summed E-state index contributed by atoms with van der Waals surface area (Å²) in [5.41, 5.74) is 3.71. The third-order valence-electron chi connectivity index (χ3n) is 4.63. The second-order valence-corrected chi connectivity index (χ2v) is 6.12. The van der Waals surface area contributed by atoms with Gasteiger partial charge in [0, 0.05) is 19.3 Å². The first-order valence-corrected chi connectivity index (χ1v) is 8.15. The van der Waals surface area contributed by atoms with Crippen LogP contribution in [0.25, 0.3) is 0 Å². The van der Waals surface area contributed by atoms with E-state index in [1.807, 2.05) is 0 Å². The van der Waals surface area contributed by atoms with Crippen LogP contribution in [0.15, 0.2) is 42.6 Å². The summed E-state index contributed by atoms with van der Waals surface area (Å²) in [5.74, 6) is -0.378. The number of benzene rings is 1. The van der Waals surface area contributed by atoms with E-state index in [4.69, 9.17) is 0 Å². The van der Waals surface area contributed by atoms with Crippen molar-refractivity contribution >= 4 is 5.97 Å². The molecule has 0 spiro atoms. The number of rotatable bonds is 5. The molecule has 1 unspecified atom stereocenters. The lowest BCUT2D eigenvalue weighted by Crippen LogP contribution is -2.22. The zero-order valence-electron chi connectivity index (χ0n) is 13.4. The summed E-state index contributed by atoms with van der Waals surface area (Å²) in [6, 6.07) is 12.2. The van der Waals surface area contributed by atoms with Crippen molar-refractivity contribution in [2.24, 2.45) is 0 Å². The molecule has 4 nitrogen and oxygen atoms in total. The maximum Gasteiger partial charge on any atom is 0.337 e. The number of carboxylic acids is 1. The molecule has 120 valence electrons. The number of hydrogen-bond acceptors (Lipinski definition) is 3. The molecule has 1 aliphatic heterocycles. The SMILES string of the molecule is CCc1ccc(C2CCN(Cc3ncccc3C(=O)O)C2)cc1. The number of nitrogens with zero attached hydrogens (tertiary/aromatic N) is 2. The molecular formula is C19H22N2O2. The summed E-state index contributed by atoms with van der Waals surface area (Å²) >= 11 is 0. The largest absolute Gasteiger partial charge is 0.478 e. The van der Waals surface area contributed by atoms with Crippen molar-refractivity contribution in [1.82, 2.24) is 9.88 Å². The minimum absolute atomic E-state index is 0.309. The number of hydrogen-bond donors (Lipinski definition) is 1. The molecule has 0 bridgehead atoms. The first kappa shape index (κ1) is 15.7. The van der Waals surface area contributed by atoms with Gasteiger partial charge in [-0.2, -0.15) is 0 Å². The van der Waals surface area contributed by atoms with Crippen LogP contribution in [-0.2, 0) is 13.0 Å². The van der Waals surface area contributed by atoms with Crippen molar-refractivity contribution < 1.29 is 9.90 Å². The number of carboxylic acid groups (broad SMARTS) is 1. The second-order valence-electron chi connectivity index (χ2n) is 6.12. The van der Waals surface area contributed by atoms with Crippen LogP contribution in [0.4, 0.5) is 0 Å². The summed E-state index contributed by atoms with van der Waals surface area (Å²) in [4.78, 5) is 17.8. The lowest BCUT2D eigenvalue weighted by molar-refractivity contribution is 0.0694. The second kappa shape index (κ2) is 6.92. The molecule has 0 amide bonds. The highest BCUT2D eigenvalue weighted by Gasteiger charge is 2.25. The van der Waals surface area contributed by atoms with Gasteiger partial charge in [0.2, 0.25) is 0 Å². The maximum atomic E-state index is 11.3. The number of aromatic carboxylic acids is 1. The number of aryl methyl sites for hydroxylation is 1. The van der Waals surface area contributed by atoms with Gasteiger partial charge in [0.05, 0.1) is 11.3 Å². The van der Waals surface area contributed by atoms with Crippen LogP contribution in [0.1, 0.15) is 46.4 Å². The summed E-state index contributed by atoms with van der Waals surface area (Å²) < 4.78 is 0. The molecule has 4 heteroatoms. The monoisotopic (exact) mass is 310 g/mol. The molecule has 1 saturated heterocycles. The molecule has 3 rings (SSSR count). The van der Waals surface area contributed by atoms with Crippen molar-refractivity contribution in [3.63, 3.8) is 0 Å². The van der Waals surface area contributed by atoms with Gasteiger partial charge < -0.3 is 5.11 Å². The van der Waals surface area contributed by atoms with E-state index in [9.17, 15) is 9.90 Å². The molecule has 1 fully saturated rings. The fourth-order valence-corrected chi connectivity index (χ4v) is 3.24. The highest BCUT2D eigenvalue weighted by atomic mass is 16.4. The molecule has 1 N–H and O–H groups in total. The molecule has 23 heavy (non-hydrogen) atoms. The van der Waals surface area contributed by atoms with Crippen LogP contribution in [0.5, 0.6) is 0 Å². The maximum absolute atomic E-state index is 11.3. The quantitative estimate of drug-likeness (QED) is 0.920. The topological polar surface area (TPSA) is 53.4 Å². The predicted molar refractivity (Wildman–Crippen MR) is 89.7 cm³/mol. The Bertz CT molecular complexity index is 682. The Morgan fingerprint density at radius 1 is 1.30 bits per heavy atom. The number of aromatic nitrogens is 1. The molecule has 0 aliphatic carbocycles. The van der Waals surface area contributed by atoms with Crippen LogP contribution in [0.2, 0.25) is 0 Å². The number of carbonyl (C=O) groups is 1. The standard InChI is InChI=1S/C19H22N2O2/c1-2-14-5-7-15(8-6-14)16-9-11-21(12-16)13-18-17(19(22)23)4-3-10-20-18/h3-8,10,16H,2,9,11-13H2,1H3,(H,22,23). The van der Waals surface area contributed by atoms with Crippen molar-refractivity contribution in [3.05, 3.63) is 65.0 Å². The van der Waals surface area contributed by atoms with E-state index in [-0.39, 0.29) is 0 Å². The third-order valence-corrected chi connectivity index (χ3v) is 4.63. The lowest BCUT2D eigenvalue weighted by atomic mass is 9.97. The van der Waals surface area contributed by atoms with Crippen molar-refractivity contribution in [3.8, 4) is 0 Å². The van der Waals surface area contributed by atoms with Gasteiger partial charge in [0.25, 0.3) is 0 Å². The molecular weight excluding hydrogens is 288 g/mol. The molecule has 1 atom stereocenters. The lowest BCUT2D eigenvalue weighted by Gasteiger charge is -2.17. The zero-order chi connectivity index (χ0) is 16.2. The van der Waals surface area contributed by atoms with Gasteiger partial charge in [-0.3, -0.25) is 9.88 Å². The molecule has 1 aromatic carbocycles. The van der Waals surface area contributed by atoms with Gasteiger partial charge in [-0.25, -0.2) is 4.79 Å². The van der Waals surface area contributed by atoms with E-state index in [1.165, 1.54) is 11.1 Å². The Morgan fingerprint density at radius 2 is 2.09 bits per heavy atom. The Hall–Kier alpha value is -2.20. The Morgan fingerprint density at radius 3 is 2.78 bits per heavy atom. The van der Waals surface area contributed by atoms with E-state index in [0.29, 0.717) is 23.7 Å². The summed E-state index contributed by atoms with van der Waals surface area (Å²) in [6.07, 6.45) is 3.84. The first-order valence-electron chi connectivity index (χ1n) is 8.15. The highest BCUT2D eigenvalue weighted by molar-refractivity contribution is 5.88. The van der Waals surface area contributed by atoms with Crippen molar-refractivity contribution in [2.45, 2.75) is 32.2 Å². The van der Waals surface area contributed by atoms with Crippen LogP contribution < -0.4 is 0 Å². The van der Waals surface area contributed by atoms with Gasteiger partial charge in [-0.05, 0) is 48.6 Å². The van der Waals surface area contributed by atoms with Gasteiger partial charge >= 0.3 is 5.97 Å². The van der Waals surface area contributed by atoms with Gasteiger partial charge in [0.15, 0.2) is 0 Å². The summed E-state index contributed by atoms with van der Waals surface area (Å²) in [6.45, 7) is 4.71. The van der Waals surface area contributed by atoms with Gasteiger partial charge in [0.1, 0.15) is 0 Å². The molecule has 2 heterocycles. The zero-order valence-corrected chi connectivity index (χ0v) is 13.4. The van der Waals surface area contributed by atoms with Crippen LogP contribution >= 0.6 is 0 Å². The smallest absolute Gasteiger partial charge is 0.337 e. The molecule has 0 saturated carbocycles. The van der Waals surface area contributed by atoms with Gasteiger partial charge in [-0.1, -0.05) is 31.2 Å². The first-order chi connectivity index (χ1) is 11.2. The average molecular weight is 310 g/mol. The summed E-state index contributed by atoms with van der Waals surface area (Å²) in [5, 5.41) is 9.26. The van der Waals surface area contributed by atoms with E-state index >= 15 is 0 Å². The molecule has 0 radical (unpaired) electrons. The number of pyridine rings is 1. The molecule has 2 aromatic rings. The minimum Gasteiger partial charge on any atom is -0.478 e. The average Bonchev–Trinajstić information content (AvgIpc) is 3.04. The van der Waals surface area contributed by atoms with Crippen LogP contribution in [0, 0.1) is 0 Å². The van der Waals surface area contributed by atoms with Crippen molar-refractivity contribution in [1.29, 1.82) is 0 Å². The fraction of sp³-hybridized carbons (Fsp3) is 0.368. The minimum atomic E-state index is -0.904. The Labute approximate surface area is 136 Å². The summed E-state index contributed by atoms with van der Waals surface area (Å²) in [7, 11) is 0. The Kier molecular flexibility index (Phi) is 4.72. The third kappa shape index (κ3) is 3.59. The fourth-order valence-electron chi connectivity index (χ4n) is 3.24. The van der Waals surface area contributed by atoms with E-state index in [1.54, 1.807) is 18.3 Å². The molecule has 1 aromatic heterocycles. The normalized spacial score (nSPS) is 18.2. The molecule has 1 aliphatic rings. The van der Waals surface area contributed by atoms with Crippen LogP contribution in [-0.4, -0.2) is 34.0 Å². The predicted octanol–water partition coefficient (Wildman–Crippen LogP) is 3.33.